The molecule has 1 unspecified atom stereocenters. The first-order valence-electron chi connectivity index (χ1n) is 5.36. The maximum atomic E-state index is 8.71. The minimum absolute atomic E-state index is 0.125. The first-order valence-corrected chi connectivity index (χ1v) is 5.36. The van der Waals surface area contributed by atoms with Crippen molar-refractivity contribution in [2.45, 2.75) is 13.0 Å². The zero-order valence-corrected chi connectivity index (χ0v) is 10.3. The highest BCUT2D eigenvalue weighted by Crippen LogP contribution is 2.19. The Labute approximate surface area is 102 Å². The van der Waals surface area contributed by atoms with E-state index < -0.39 is 0 Å². The minimum Gasteiger partial charge on any atom is -0.303 e. The summed E-state index contributed by atoms with van der Waals surface area (Å²) in [7, 11) is 4.03. The number of hydrogen-bond donors (Lipinski definition) is 0. The molecule has 1 rings (SSSR count). The van der Waals surface area contributed by atoms with Gasteiger partial charge in [-0.25, -0.2) is 0 Å². The summed E-state index contributed by atoms with van der Waals surface area (Å²) in [6.45, 7) is 2.11. The highest BCUT2D eigenvalue weighted by molar-refractivity contribution is 5.62. The van der Waals surface area contributed by atoms with Crippen LogP contribution in [0.25, 0.3) is 6.08 Å². The molecule has 1 atom stereocenters. The standard InChI is InChI=1S/C14H15N3/c1-11(17(2)3)14-6-4-5-12(8-14)7-13(9-15)10-16/h4-8,11H,1-3H3. The van der Waals surface area contributed by atoms with Gasteiger partial charge in [0.05, 0.1) is 0 Å². The van der Waals surface area contributed by atoms with E-state index in [0.29, 0.717) is 6.04 Å². The van der Waals surface area contributed by atoms with Crippen molar-refractivity contribution in [3.63, 3.8) is 0 Å². The van der Waals surface area contributed by atoms with Crippen LogP contribution < -0.4 is 0 Å². The van der Waals surface area contributed by atoms with Gasteiger partial charge in [-0.05, 0) is 38.2 Å². The van der Waals surface area contributed by atoms with Crippen LogP contribution in [-0.2, 0) is 0 Å². The molecule has 0 aliphatic carbocycles. The van der Waals surface area contributed by atoms with Gasteiger partial charge in [-0.2, -0.15) is 10.5 Å². The third kappa shape index (κ3) is 3.45. The summed E-state index contributed by atoms with van der Waals surface area (Å²) in [6.07, 6.45) is 1.60. The lowest BCUT2D eigenvalue weighted by molar-refractivity contribution is 0.321. The molecule has 17 heavy (non-hydrogen) atoms. The van der Waals surface area contributed by atoms with Gasteiger partial charge in [0.1, 0.15) is 17.7 Å². The molecule has 0 spiro atoms. The Morgan fingerprint density at radius 1 is 1.29 bits per heavy atom. The van der Waals surface area contributed by atoms with Crippen LogP contribution in [0, 0.1) is 22.7 Å². The summed E-state index contributed by atoms with van der Waals surface area (Å²) in [5, 5.41) is 17.4. The number of nitriles is 2. The fourth-order valence-electron chi connectivity index (χ4n) is 1.46. The van der Waals surface area contributed by atoms with E-state index in [1.807, 2.05) is 50.5 Å². The summed E-state index contributed by atoms with van der Waals surface area (Å²) in [5.41, 5.74) is 2.17. The third-order valence-electron chi connectivity index (χ3n) is 2.72. The molecule has 0 heterocycles. The SMILES string of the molecule is CC(c1cccc(C=C(C#N)C#N)c1)N(C)C. The van der Waals surface area contributed by atoms with Crippen LogP contribution in [0.3, 0.4) is 0 Å². The van der Waals surface area contributed by atoms with Gasteiger partial charge in [0.2, 0.25) is 0 Å². The molecule has 0 bridgehead atoms. The van der Waals surface area contributed by atoms with Crippen molar-refractivity contribution < 1.29 is 0 Å². The van der Waals surface area contributed by atoms with E-state index in [1.165, 1.54) is 5.56 Å². The van der Waals surface area contributed by atoms with Crippen molar-refractivity contribution >= 4 is 6.08 Å². The van der Waals surface area contributed by atoms with E-state index >= 15 is 0 Å². The second-order valence-corrected chi connectivity index (χ2v) is 4.09. The van der Waals surface area contributed by atoms with Crippen molar-refractivity contribution in [3.05, 3.63) is 41.0 Å². The average molecular weight is 225 g/mol. The highest BCUT2D eigenvalue weighted by atomic mass is 15.1. The maximum Gasteiger partial charge on any atom is 0.130 e. The molecule has 1 aromatic carbocycles. The normalized spacial score (nSPS) is 11.4. The van der Waals surface area contributed by atoms with E-state index in [2.05, 4.69) is 11.8 Å². The molecule has 1 aromatic rings. The molecule has 0 fully saturated rings. The Kier molecular flexibility index (Phi) is 4.46. The lowest BCUT2D eigenvalue weighted by Gasteiger charge is -2.20. The van der Waals surface area contributed by atoms with Crippen molar-refractivity contribution in [2.75, 3.05) is 14.1 Å². The van der Waals surface area contributed by atoms with Crippen molar-refractivity contribution in [3.8, 4) is 12.1 Å². The van der Waals surface area contributed by atoms with E-state index in [1.54, 1.807) is 6.08 Å². The van der Waals surface area contributed by atoms with E-state index in [-0.39, 0.29) is 5.57 Å². The molecular formula is C14H15N3. The molecular weight excluding hydrogens is 210 g/mol. The Balaban J connectivity index is 3.07. The summed E-state index contributed by atoms with van der Waals surface area (Å²) < 4.78 is 0. The Bertz CT molecular complexity index is 485. The Morgan fingerprint density at radius 3 is 2.47 bits per heavy atom. The smallest absolute Gasteiger partial charge is 0.130 e. The fraction of sp³-hybridized carbons (Fsp3) is 0.286. The number of hydrogen-bond acceptors (Lipinski definition) is 3. The molecule has 0 aliphatic heterocycles. The van der Waals surface area contributed by atoms with Crippen LogP contribution in [0.2, 0.25) is 0 Å². The highest BCUT2D eigenvalue weighted by Gasteiger charge is 2.07. The van der Waals surface area contributed by atoms with E-state index in [4.69, 9.17) is 10.5 Å². The van der Waals surface area contributed by atoms with Crippen molar-refractivity contribution in [2.24, 2.45) is 0 Å². The summed E-state index contributed by atoms with van der Waals surface area (Å²) >= 11 is 0. The zero-order valence-electron chi connectivity index (χ0n) is 10.3. The van der Waals surface area contributed by atoms with Crippen LogP contribution in [-0.4, -0.2) is 19.0 Å². The van der Waals surface area contributed by atoms with Gasteiger partial charge in [-0.15, -0.1) is 0 Å². The average Bonchev–Trinajstić information content (AvgIpc) is 2.35. The summed E-state index contributed by atoms with van der Waals surface area (Å²) in [5.74, 6) is 0. The molecule has 0 aromatic heterocycles. The van der Waals surface area contributed by atoms with Gasteiger partial charge in [-0.1, -0.05) is 24.3 Å². The molecule has 3 nitrogen and oxygen atoms in total. The molecule has 86 valence electrons. The van der Waals surface area contributed by atoms with E-state index in [0.717, 1.165) is 5.56 Å². The Morgan fingerprint density at radius 2 is 1.94 bits per heavy atom. The molecule has 3 heteroatoms. The fourth-order valence-corrected chi connectivity index (χ4v) is 1.46. The topological polar surface area (TPSA) is 50.8 Å². The molecule has 0 aliphatic rings. The molecule has 0 N–H and O–H groups in total. The third-order valence-corrected chi connectivity index (χ3v) is 2.72. The first-order chi connectivity index (χ1) is 8.08. The van der Waals surface area contributed by atoms with Gasteiger partial charge < -0.3 is 4.90 Å². The number of nitrogens with zero attached hydrogens (tertiary/aromatic N) is 3. The van der Waals surface area contributed by atoms with Crippen LogP contribution in [0.4, 0.5) is 0 Å². The first kappa shape index (κ1) is 13.0. The largest absolute Gasteiger partial charge is 0.303 e. The van der Waals surface area contributed by atoms with Crippen LogP contribution in [0.1, 0.15) is 24.1 Å². The number of rotatable bonds is 3. The predicted molar refractivity (Wildman–Crippen MR) is 67.7 cm³/mol. The quantitative estimate of drug-likeness (QED) is 0.743. The minimum atomic E-state index is 0.125. The number of allylic oxidation sites excluding steroid dienone is 1. The summed E-state index contributed by atoms with van der Waals surface area (Å²) in [6, 6.07) is 11.9. The second-order valence-electron chi connectivity index (χ2n) is 4.09. The molecule has 0 radical (unpaired) electrons. The van der Waals surface area contributed by atoms with Gasteiger partial charge in [-0.3, -0.25) is 0 Å². The van der Waals surface area contributed by atoms with E-state index in [9.17, 15) is 0 Å². The van der Waals surface area contributed by atoms with Gasteiger partial charge in [0.15, 0.2) is 0 Å². The molecule has 0 saturated carbocycles. The maximum absolute atomic E-state index is 8.71. The molecule has 0 amide bonds. The van der Waals surface area contributed by atoms with Crippen molar-refractivity contribution in [1.29, 1.82) is 10.5 Å². The summed E-state index contributed by atoms with van der Waals surface area (Å²) in [4.78, 5) is 2.11. The lowest BCUT2D eigenvalue weighted by atomic mass is 10.0. The monoisotopic (exact) mass is 225 g/mol. The van der Waals surface area contributed by atoms with Crippen molar-refractivity contribution in [1.82, 2.24) is 4.90 Å². The second kappa shape index (κ2) is 5.84. The van der Waals surface area contributed by atoms with Crippen LogP contribution >= 0.6 is 0 Å². The van der Waals surface area contributed by atoms with Crippen LogP contribution in [0.5, 0.6) is 0 Å². The Hall–Kier alpha value is -2.10. The zero-order chi connectivity index (χ0) is 12.8. The predicted octanol–water partition coefficient (Wildman–Crippen LogP) is 2.74. The van der Waals surface area contributed by atoms with Gasteiger partial charge >= 0.3 is 0 Å². The molecule has 0 saturated heterocycles. The van der Waals surface area contributed by atoms with Gasteiger partial charge in [0, 0.05) is 6.04 Å². The number of benzene rings is 1. The lowest BCUT2D eigenvalue weighted by Crippen LogP contribution is -2.16. The van der Waals surface area contributed by atoms with Crippen LogP contribution in [0.15, 0.2) is 29.8 Å². The van der Waals surface area contributed by atoms with Gasteiger partial charge in [0.25, 0.3) is 0 Å².